The van der Waals surface area contributed by atoms with Gasteiger partial charge in [0.2, 0.25) is 0 Å². The van der Waals surface area contributed by atoms with Crippen LogP contribution in [0.25, 0.3) is 6.08 Å². The number of carboxylic acids is 1. The summed E-state index contributed by atoms with van der Waals surface area (Å²) in [6.45, 7) is 0.765. The molecule has 0 fully saturated rings. The lowest BCUT2D eigenvalue weighted by atomic mass is 10.2. The zero-order valence-electron chi connectivity index (χ0n) is 10.6. The van der Waals surface area contributed by atoms with Gasteiger partial charge in [-0.05, 0) is 35.2 Å². The maximum atomic E-state index is 10.6. The molecule has 0 amide bonds. The number of nitrogens with zero attached hydrogens (tertiary/aromatic N) is 1. The second-order valence-corrected chi connectivity index (χ2v) is 5.16. The van der Waals surface area contributed by atoms with Gasteiger partial charge in [-0.3, -0.25) is 0 Å². The van der Waals surface area contributed by atoms with Crippen molar-refractivity contribution in [3.8, 4) is 0 Å². The third kappa shape index (κ3) is 3.69. The molecule has 98 valence electrons. The monoisotopic (exact) mass is 273 g/mol. The molecule has 0 aliphatic carbocycles. The van der Waals surface area contributed by atoms with E-state index in [0.717, 1.165) is 22.7 Å². The first-order valence-corrected chi connectivity index (χ1v) is 6.78. The van der Waals surface area contributed by atoms with Gasteiger partial charge in [-0.1, -0.05) is 18.2 Å². The Morgan fingerprint density at radius 3 is 2.74 bits per heavy atom. The summed E-state index contributed by atoms with van der Waals surface area (Å²) >= 11 is 1.64. The van der Waals surface area contributed by atoms with Crippen molar-refractivity contribution in [2.75, 3.05) is 11.9 Å². The van der Waals surface area contributed by atoms with Crippen molar-refractivity contribution in [2.24, 2.45) is 0 Å². The molecule has 0 saturated heterocycles. The Labute approximate surface area is 116 Å². The van der Waals surface area contributed by atoms with Gasteiger partial charge in [-0.25, -0.2) is 4.79 Å². The van der Waals surface area contributed by atoms with Crippen LogP contribution < -0.4 is 4.90 Å². The average molecular weight is 273 g/mol. The highest BCUT2D eigenvalue weighted by Crippen LogP contribution is 2.22. The minimum atomic E-state index is -0.923. The van der Waals surface area contributed by atoms with Crippen LogP contribution in [0.2, 0.25) is 0 Å². The van der Waals surface area contributed by atoms with E-state index in [1.54, 1.807) is 17.4 Å². The summed E-state index contributed by atoms with van der Waals surface area (Å²) in [5, 5.41) is 10.7. The molecular formula is C15H15NO2S. The Morgan fingerprint density at radius 1 is 1.32 bits per heavy atom. The lowest BCUT2D eigenvalue weighted by Gasteiger charge is -2.18. The van der Waals surface area contributed by atoms with Crippen LogP contribution in [0.5, 0.6) is 0 Å². The highest BCUT2D eigenvalue weighted by atomic mass is 32.1. The molecule has 3 nitrogen and oxygen atoms in total. The van der Waals surface area contributed by atoms with E-state index in [4.69, 9.17) is 5.11 Å². The molecule has 2 aromatic rings. The second kappa shape index (κ2) is 6.20. The zero-order valence-corrected chi connectivity index (χ0v) is 11.4. The number of hydrogen-bond donors (Lipinski definition) is 1. The highest BCUT2D eigenvalue weighted by molar-refractivity contribution is 7.10. The van der Waals surface area contributed by atoms with Crippen molar-refractivity contribution in [2.45, 2.75) is 6.54 Å². The quantitative estimate of drug-likeness (QED) is 0.848. The van der Waals surface area contributed by atoms with Gasteiger partial charge in [-0.15, -0.1) is 11.3 Å². The van der Waals surface area contributed by atoms with Crippen molar-refractivity contribution >= 4 is 29.1 Å². The number of hydrogen-bond acceptors (Lipinski definition) is 3. The Bertz CT molecular complexity index is 575. The van der Waals surface area contributed by atoms with E-state index in [-0.39, 0.29) is 0 Å². The molecule has 0 unspecified atom stereocenters. The molecule has 0 saturated carbocycles. The molecular weight excluding hydrogens is 258 g/mol. The Morgan fingerprint density at radius 2 is 2.05 bits per heavy atom. The maximum absolute atomic E-state index is 10.6. The molecule has 0 radical (unpaired) electrons. The first-order chi connectivity index (χ1) is 9.16. The van der Waals surface area contributed by atoms with Crippen LogP contribution >= 0.6 is 11.3 Å². The normalized spacial score (nSPS) is 10.8. The molecule has 1 aromatic heterocycles. The SMILES string of the molecule is CN(Cc1sccc1C=CC(=O)O)c1ccccc1. The topological polar surface area (TPSA) is 40.5 Å². The summed E-state index contributed by atoms with van der Waals surface area (Å²) in [7, 11) is 2.03. The molecule has 1 aromatic carbocycles. The van der Waals surface area contributed by atoms with Crippen molar-refractivity contribution in [3.63, 3.8) is 0 Å². The number of carbonyl (C=O) groups is 1. The summed E-state index contributed by atoms with van der Waals surface area (Å²) in [4.78, 5) is 13.9. The summed E-state index contributed by atoms with van der Waals surface area (Å²) in [6, 6.07) is 12.1. The number of carboxylic acid groups (broad SMARTS) is 1. The molecule has 0 spiro atoms. The first-order valence-electron chi connectivity index (χ1n) is 5.90. The molecule has 19 heavy (non-hydrogen) atoms. The van der Waals surface area contributed by atoms with Gasteiger partial charge < -0.3 is 10.0 Å². The van der Waals surface area contributed by atoms with Gasteiger partial charge >= 0.3 is 5.97 Å². The van der Waals surface area contributed by atoms with Gasteiger partial charge in [-0.2, -0.15) is 0 Å². The standard InChI is InChI=1S/C15H15NO2S/c1-16(13-5-3-2-4-6-13)11-14-12(9-10-19-14)7-8-15(17)18/h2-10H,11H2,1H3,(H,17,18). The van der Waals surface area contributed by atoms with E-state index in [1.165, 1.54) is 6.08 Å². The van der Waals surface area contributed by atoms with Crippen molar-refractivity contribution in [1.82, 2.24) is 0 Å². The third-order valence-electron chi connectivity index (χ3n) is 2.76. The molecule has 4 heteroatoms. The van der Waals surface area contributed by atoms with Gasteiger partial charge in [0.15, 0.2) is 0 Å². The highest BCUT2D eigenvalue weighted by Gasteiger charge is 2.06. The van der Waals surface area contributed by atoms with Crippen molar-refractivity contribution in [3.05, 3.63) is 58.3 Å². The summed E-state index contributed by atoms with van der Waals surface area (Å²) in [5.74, 6) is -0.923. The molecule has 0 aliphatic heterocycles. The van der Waals surface area contributed by atoms with E-state index < -0.39 is 5.97 Å². The summed E-state index contributed by atoms with van der Waals surface area (Å²) in [6.07, 6.45) is 2.82. The lowest BCUT2D eigenvalue weighted by molar-refractivity contribution is -0.131. The molecule has 1 N–H and O–H groups in total. The van der Waals surface area contributed by atoms with E-state index in [2.05, 4.69) is 17.0 Å². The minimum Gasteiger partial charge on any atom is -0.478 e. The van der Waals surface area contributed by atoms with Gasteiger partial charge in [0.05, 0.1) is 6.54 Å². The van der Waals surface area contributed by atoms with E-state index >= 15 is 0 Å². The van der Waals surface area contributed by atoms with Crippen molar-refractivity contribution in [1.29, 1.82) is 0 Å². The van der Waals surface area contributed by atoms with Gasteiger partial charge in [0, 0.05) is 23.7 Å². The average Bonchev–Trinajstić information content (AvgIpc) is 2.84. The predicted octanol–water partition coefficient (Wildman–Crippen LogP) is 3.48. The lowest BCUT2D eigenvalue weighted by Crippen LogP contribution is -2.15. The van der Waals surface area contributed by atoms with Crippen LogP contribution in [0.4, 0.5) is 5.69 Å². The maximum Gasteiger partial charge on any atom is 0.328 e. The van der Waals surface area contributed by atoms with Crippen LogP contribution in [0.15, 0.2) is 47.9 Å². The molecule has 0 aliphatic rings. The predicted molar refractivity (Wildman–Crippen MR) is 79.5 cm³/mol. The van der Waals surface area contributed by atoms with Crippen LogP contribution in [-0.4, -0.2) is 18.1 Å². The van der Waals surface area contributed by atoms with Crippen LogP contribution in [0, 0.1) is 0 Å². The van der Waals surface area contributed by atoms with E-state index in [0.29, 0.717) is 0 Å². The molecule has 0 bridgehead atoms. The minimum absolute atomic E-state index is 0.765. The van der Waals surface area contributed by atoms with Crippen LogP contribution in [0.1, 0.15) is 10.4 Å². The van der Waals surface area contributed by atoms with E-state index in [1.807, 2.05) is 36.7 Å². The Kier molecular flexibility index (Phi) is 4.36. The zero-order chi connectivity index (χ0) is 13.7. The number of benzene rings is 1. The largest absolute Gasteiger partial charge is 0.478 e. The number of aliphatic carboxylic acids is 1. The van der Waals surface area contributed by atoms with Crippen LogP contribution in [0.3, 0.4) is 0 Å². The van der Waals surface area contributed by atoms with E-state index in [9.17, 15) is 4.79 Å². The Balaban J connectivity index is 2.12. The van der Waals surface area contributed by atoms with Gasteiger partial charge in [0.1, 0.15) is 0 Å². The second-order valence-electron chi connectivity index (χ2n) is 4.16. The summed E-state index contributed by atoms with van der Waals surface area (Å²) in [5.41, 5.74) is 2.11. The first kappa shape index (κ1) is 13.4. The number of anilines is 1. The molecule has 2 rings (SSSR count). The van der Waals surface area contributed by atoms with Crippen molar-refractivity contribution < 1.29 is 9.90 Å². The Hall–Kier alpha value is -2.07. The fourth-order valence-corrected chi connectivity index (χ4v) is 2.70. The smallest absolute Gasteiger partial charge is 0.328 e. The molecule has 1 heterocycles. The third-order valence-corrected chi connectivity index (χ3v) is 3.68. The number of rotatable bonds is 5. The van der Waals surface area contributed by atoms with Gasteiger partial charge in [0.25, 0.3) is 0 Å². The fourth-order valence-electron chi connectivity index (χ4n) is 1.78. The fraction of sp³-hybridized carbons (Fsp3) is 0.133. The van der Waals surface area contributed by atoms with Crippen LogP contribution in [-0.2, 0) is 11.3 Å². The molecule has 0 atom stereocenters. The number of thiophene rings is 1. The number of para-hydroxylation sites is 1. The summed E-state index contributed by atoms with van der Waals surface area (Å²) < 4.78 is 0.